The van der Waals surface area contributed by atoms with E-state index in [2.05, 4.69) is 46.6 Å². The van der Waals surface area contributed by atoms with E-state index in [0.29, 0.717) is 12.0 Å². The van der Waals surface area contributed by atoms with E-state index < -0.39 is 0 Å². The maximum absolute atomic E-state index is 12.0. The van der Waals surface area contributed by atoms with Gasteiger partial charge in [0.05, 0.1) is 6.54 Å². The second kappa shape index (κ2) is 14.8. The Morgan fingerprint density at radius 1 is 1.19 bits per heavy atom. The fourth-order valence-electron chi connectivity index (χ4n) is 2.55. The molecule has 0 fully saturated rings. The highest BCUT2D eigenvalue weighted by atomic mass is 127. The van der Waals surface area contributed by atoms with E-state index in [4.69, 9.17) is 0 Å². The van der Waals surface area contributed by atoms with Gasteiger partial charge in [0, 0.05) is 18.8 Å². The van der Waals surface area contributed by atoms with E-state index in [1.54, 1.807) is 7.05 Å². The molecule has 148 valence electrons. The number of anilines is 1. The van der Waals surface area contributed by atoms with E-state index >= 15 is 0 Å². The average Bonchev–Trinajstić information content (AvgIpc) is 2.63. The monoisotopic (exact) mass is 475 g/mol. The van der Waals surface area contributed by atoms with E-state index in [1.165, 1.54) is 0 Å². The van der Waals surface area contributed by atoms with Gasteiger partial charge in [0.2, 0.25) is 5.91 Å². The first-order valence-corrected chi connectivity index (χ1v) is 9.13. The molecule has 1 rings (SSSR count). The van der Waals surface area contributed by atoms with Crippen LogP contribution >= 0.6 is 24.0 Å². The number of aliphatic imine (C=N–C) groups is 1. The summed E-state index contributed by atoms with van der Waals surface area (Å²) in [6, 6.07) is 9.74. The molecule has 7 heteroatoms. The molecular formula is C19H34IN5O. The SMILES string of the molecule is CCN(CC)CCCC(C)NC(=NC)NCC(=O)Nc1ccccc1.I. The summed E-state index contributed by atoms with van der Waals surface area (Å²) in [6.07, 6.45) is 2.20. The second-order valence-corrected chi connectivity index (χ2v) is 6.05. The summed E-state index contributed by atoms with van der Waals surface area (Å²) in [5.41, 5.74) is 0.794. The van der Waals surface area contributed by atoms with E-state index in [-0.39, 0.29) is 36.4 Å². The molecule has 0 spiro atoms. The van der Waals surface area contributed by atoms with Gasteiger partial charge in [-0.1, -0.05) is 32.0 Å². The van der Waals surface area contributed by atoms with Gasteiger partial charge >= 0.3 is 0 Å². The normalized spacial score (nSPS) is 12.3. The number of hydrogen-bond acceptors (Lipinski definition) is 3. The number of halogens is 1. The minimum atomic E-state index is -0.0941. The van der Waals surface area contributed by atoms with Gasteiger partial charge in [0.15, 0.2) is 5.96 Å². The highest BCUT2D eigenvalue weighted by Crippen LogP contribution is 2.04. The van der Waals surface area contributed by atoms with E-state index in [0.717, 1.165) is 38.2 Å². The highest BCUT2D eigenvalue weighted by Gasteiger charge is 2.08. The topological polar surface area (TPSA) is 68.8 Å². The molecule has 26 heavy (non-hydrogen) atoms. The van der Waals surface area contributed by atoms with Crippen LogP contribution in [0.3, 0.4) is 0 Å². The zero-order chi connectivity index (χ0) is 18.5. The van der Waals surface area contributed by atoms with Crippen LogP contribution in [0.25, 0.3) is 0 Å². The molecule has 0 aliphatic rings. The fraction of sp³-hybridized carbons (Fsp3) is 0.579. The summed E-state index contributed by atoms with van der Waals surface area (Å²) >= 11 is 0. The molecule has 0 heterocycles. The van der Waals surface area contributed by atoms with Crippen molar-refractivity contribution in [2.24, 2.45) is 4.99 Å². The van der Waals surface area contributed by atoms with Crippen LogP contribution in [0.5, 0.6) is 0 Å². The Morgan fingerprint density at radius 2 is 1.85 bits per heavy atom. The standard InChI is InChI=1S/C19H33N5O.HI/c1-5-24(6-2)14-10-11-16(3)22-19(20-4)21-15-18(25)23-17-12-8-7-9-13-17;/h7-9,12-13,16H,5-6,10-11,14-15H2,1-4H3,(H,23,25)(H2,20,21,22);1H. The molecule has 1 unspecified atom stereocenters. The van der Waals surface area contributed by atoms with Crippen LogP contribution in [0, 0.1) is 0 Å². The largest absolute Gasteiger partial charge is 0.354 e. The minimum absolute atomic E-state index is 0. The van der Waals surface area contributed by atoms with Crippen molar-refractivity contribution in [1.29, 1.82) is 0 Å². The number of carbonyl (C=O) groups excluding carboxylic acids is 1. The maximum Gasteiger partial charge on any atom is 0.243 e. The van der Waals surface area contributed by atoms with Crippen molar-refractivity contribution in [2.45, 2.75) is 39.7 Å². The van der Waals surface area contributed by atoms with Crippen LogP contribution in [-0.2, 0) is 4.79 Å². The third kappa shape index (κ3) is 10.6. The molecule has 1 amide bonds. The molecular weight excluding hydrogens is 441 g/mol. The third-order valence-electron chi connectivity index (χ3n) is 4.09. The van der Waals surface area contributed by atoms with Crippen LogP contribution in [0.4, 0.5) is 5.69 Å². The van der Waals surface area contributed by atoms with Crippen molar-refractivity contribution in [3.05, 3.63) is 30.3 Å². The molecule has 1 aromatic carbocycles. The molecule has 0 bridgehead atoms. The first-order chi connectivity index (χ1) is 12.1. The Balaban J connectivity index is 0.00000625. The number of guanidine groups is 1. The van der Waals surface area contributed by atoms with Gasteiger partial charge in [0.25, 0.3) is 0 Å². The number of hydrogen-bond donors (Lipinski definition) is 3. The van der Waals surface area contributed by atoms with Gasteiger partial charge in [-0.05, 0) is 51.5 Å². The lowest BCUT2D eigenvalue weighted by atomic mass is 10.2. The van der Waals surface area contributed by atoms with Crippen molar-refractivity contribution in [2.75, 3.05) is 38.5 Å². The number of amides is 1. The minimum Gasteiger partial charge on any atom is -0.354 e. The Morgan fingerprint density at radius 3 is 2.42 bits per heavy atom. The molecule has 0 aliphatic carbocycles. The zero-order valence-corrected chi connectivity index (χ0v) is 18.7. The number of rotatable bonds is 10. The second-order valence-electron chi connectivity index (χ2n) is 6.05. The van der Waals surface area contributed by atoms with E-state index in [1.807, 2.05) is 30.3 Å². The summed E-state index contributed by atoms with van der Waals surface area (Å²) < 4.78 is 0. The van der Waals surface area contributed by atoms with Crippen LogP contribution in [0.15, 0.2) is 35.3 Å². The van der Waals surface area contributed by atoms with Gasteiger partial charge in [0.1, 0.15) is 0 Å². The lowest BCUT2D eigenvalue weighted by Crippen LogP contribution is -2.45. The summed E-state index contributed by atoms with van der Waals surface area (Å²) in [5.74, 6) is 0.557. The van der Waals surface area contributed by atoms with Crippen molar-refractivity contribution in [3.8, 4) is 0 Å². The first kappa shape index (κ1) is 24.7. The molecule has 3 N–H and O–H groups in total. The fourth-order valence-corrected chi connectivity index (χ4v) is 2.55. The van der Waals surface area contributed by atoms with Crippen LogP contribution in [-0.4, -0.2) is 56.0 Å². The average molecular weight is 475 g/mol. The number of para-hydroxylation sites is 1. The van der Waals surface area contributed by atoms with Crippen LogP contribution < -0.4 is 16.0 Å². The molecule has 1 aromatic rings. The smallest absolute Gasteiger partial charge is 0.243 e. The Kier molecular flexibility index (Phi) is 14.0. The molecule has 0 saturated carbocycles. The van der Waals surface area contributed by atoms with E-state index in [9.17, 15) is 4.79 Å². The summed E-state index contributed by atoms with van der Waals surface area (Å²) in [5, 5.41) is 9.24. The Labute approximate surface area is 175 Å². The zero-order valence-electron chi connectivity index (χ0n) is 16.4. The van der Waals surface area contributed by atoms with Crippen molar-refractivity contribution in [3.63, 3.8) is 0 Å². The van der Waals surface area contributed by atoms with Gasteiger partial charge in [-0.3, -0.25) is 9.79 Å². The third-order valence-corrected chi connectivity index (χ3v) is 4.09. The molecule has 0 saturated heterocycles. The summed E-state index contributed by atoms with van der Waals surface area (Å²) in [6.45, 7) is 10.0. The lowest BCUT2D eigenvalue weighted by Gasteiger charge is -2.21. The molecule has 1 atom stereocenters. The number of benzene rings is 1. The van der Waals surface area contributed by atoms with Crippen molar-refractivity contribution in [1.82, 2.24) is 15.5 Å². The summed E-state index contributed by atoms with van der Waals surface area (Å²) in [7, 11) is 1.72. The Hall–Kier alpha value is -1.35. The predicted molar refractivity (Wildman–Crippen MR) is 121 cm³/mol. The first-order valence-electron chi connectivity index (χ1n) is 9.13. The van der Waals surface area contributed by atoms with Gasteiger partial charge < -0.3 is 20.9 Å². The van der Waals surface area contributed by atoms with Crippen molar-refractivity contribution >= 4 is 41.5 Å². The maximum atomic E-state index is 12.0. The summed E-state index contributed by atoms with van der Waals surface area (Å²) in [4.78, 5) is 18.6. The molecule has 0 aromatic heterocycles. The predicted octanol–water partition coefficient (Wildman–Crippen LogP) is 2.92. The van der Waals surface area contributed by atoms with Gasteiger partial charge in [-0.25, -0.2) is 0 Å². The number of carbonyl (C=O) groups is 1. The molecule has 0 radical (unpaired) electrons. The quantitative estimate of drug-likeness (QED) is 0.277. The number of nitrogens with one attached hydrogen (secondary N) is 3. The lowest BCUT2D eigenvalue weighted by molar-refractivity contribution is -0.115. The van der Waals surface area contributed by atoms with Gasteiger partial charge in [-0.15, -0.1) is 24.0 Å². The number of nitrogens with zero attached hydrogens (tertiary/aromatic N) is 2. The van der Waals surface area contributed by atoms with Crippen molar-refractivity contribution < 1.29 is 4.79 Å². The molecule has 6 nitrogen and oxygen atoms in total. The Bertz CT molecular complexity index is 520. The van der Waals surface area contributed by atoms with Crippen LogP contribution in [0.1, 0.15) is 33.6 Å². The van der Waals surface area contributed by atoms with Gasteiger partial charge in [-0.2, -0.15) is 0 Å². The van der Waals surface area contributed by atoms with Crippen LogP contribution in [0.2, 0.25) is 0 Å². The molecule has 0 aliphatic heterocycles. The highest BCUT2D eigenvalue weighted by molar-refractivity contribution is 14.0.